The highest BCUT2D eigenvalue weighted by Crippen LogP contribution is 2.41. The van der Waals surface area contributed by atoms with Gasteiger partial charge in [0.15, 0.2) is 0 Å². The fraction of sp³-hybridized carbons (Fsp3) is 0.545. The van der Waals surface area contributed by atoms with Gasteiger partial charge in [-0.1, -0.05) is 12.2 Å². The lowest BCUT2D eigenvalue weighted by Gasteiger charge is -2.23. The summed E-state index contributed by atoms with van der Waals surface area (Å²) in [6, 6.07) is 0. The number of hydrogen-bond donors (Lipinski definition) is 0. The van der Waals surface area contributed by atoms with Crippen molar-refractivity contribution in [2.45, 2.75) is 32.1 Å². The molecule has 0 aromatic carbocycles. The quantitative estimate of drug-likeness (QED) is 0.584. The van der Waals surface area contributed by atoms with E-state index in [1.54, 1.807) is 0 Å². The lowest BCUT2D eigenvalue weighted by atomic mass is 9.79. The molecular formula is C11H16O. The largest absolute Gasteiger partial charge is 0.299 e. The molecule has 66 valence electrons. The SMILES string of the molecule is C=CCC1(CC=C)CCCC1=O. The second kappa shape index (κ2) is 3.70. The van der Waals surface area contributed by atoms with Crippen molar-refractivity contribution in [3.8, 4) is 0 Å². The van der Waals surface area contributed by atoms with E-state index >= 15 is 0 Å². The first kappa shape index (κ1) is 9.24. The van der Waals surface area contributed by atoms with Crippen LogP contribution in [0.15, 0.2) is 25.3 Å². The van der Waals surface area contributed by atoms with Gasteiger partial charge in [-0.25, -0.2) is 0 Å². The van der Waals surface area contributed by atoms with Crippen LogP contribution in [0.5, 0.6) is 0 Å². The minimum atomic E-state index is -0.122. The molecule has 0 N–H and O–H groups in total. The molecule has 0 amide bonds. The van der Waals surface area contributed by atoms with Crippen molar-refractivity contribution in [3.63, 3.8) is 0 Å². The molecular weight excluding hydrogens is 148 g/mol. The highest BCUT2D eigenvalue weighted by molar-refractivity contribution is 5.87. The number of rotatable bonds is 4. The van der Waals surface area contributed by atoms with Gasteiger partial charge < -0.3 is 0 Å². The standard InChI is InChI=1S/C11H16O/c1-3-7-11(8-4-2)9-5-6-10(11)12/h3-4H,1-2,5-9H2. The lowest BCUT2D eigenvalue weighted by Crippen LogP contribution is -2.24. The molecule has 0 atom stereocenters. The van der Waals surface area contributed by atoms with Gasteiger partial charge in [0.25, 0.3) is 0 Å². The minimum Gasteiger partial charge on any atom is -0.299 e. The molecule has 0 radical (unpaired) electrons. The van der Waals surface area contributed by atoms with Crippen LogP contribution in [0.3, 0.4) is 0 Å². The molecule has 0 unspecified atom stereocenters. The third-order valence-corrected chi connectivity index (χ3v) is 2.72. The first-order chi connectivity index (χ1) is 5.75. The molecule has 1 aliphatic rings. The lowest BCUT2D eigenvalue weighted by molar-refractivity contribution is -0.125. The van der Waals surface area contributed by atoms with Crippen LogP contribution in [-0.4, -0.2) is 5.78 Å². The molecule has 0 spiro atoms. The van der Waals surface area contributed by atoms with Crippen molar-refractivity contribution in [2.24, 2.45) is 5.41 Å². The van der Waals surface area contributed by atoms with E-state index in [-0.39, 0.29) is 5.41 Å². The van der Waals surface area contributed by atoms with Gasteiger partial charge in [-0.3, -0.25) is 4.79 Å². The van der Waals surface area contributed by atoms with Crippen LogP contribution in [0.25, 0.3) is 0 Å². The molecule has 0 aromatic rings. The van der Waals surface area contributed by atoms with Gasteiger partial charge in [0.1, 0.15) is 5.78 Å². The molecule has 0 saturated heterocycles. The summed E-state index contributed by atoms with van der Waals surface area (Å²) < 4.78 is 0. The van der Waals surface area contributed by atoms with Crippen LogP contribution in [0.4, 0.5) is 0 Å². The Kier molecular flexibility index (Phi) is 2.85. The summed E-state index contributed by atoms with van der Waals surface area (Å²) in [6.07, 6.45) is 8.15. The van der Waals surface area contributed by atoms with Crippen molar-refractivity contribution in [1.29, 1.82) is 0 Å². The maximum absolute atomic E-state index is 11.6. The van der Waals surface area contributed by atoms with Gasteiger partial charge in [0, 0.05) is 11.8 Å². The molecule has 1 heteroatoms. The van der Waals surface area contributed by atoms with E-state index < -0.39 is 0 Å². The fourth-order valence-corrected chi connectivity index (χ4v) is 2.06. The zero-order valence-corrected chi connectivity index (χ0v) is 7.51. The summed E-state index contributed by atoms with van der Waals surface area (Å²) in [5, 5.41) is 0. The fourth-order valence-electron chi connectivity index (χ4n) is 2.06. The van der Waals surface area contributed by atoms with Gasteiger partial charge in [0.05, 0.1) is 0 Å². The van der Waals surface area contributed by atoms with Gasteiger partial charge >= 0.3 is 0 Å². The zero-order valence-electron chi connectivity index (χ0n) is 7.51. The third kappa shape index (κ3) is 1.50. The Labute approximate surface area is 74.2 Å². The van der Waals surface area contributed by atoms with Gasteiger partial charge in [-0.2, -0.15) is 0 Å². The summed E-state index contributed by atoms with van der Waals surface area (Å²) in [6.45, 7) is 7.40. The van der Waals surface area contributed by atoms with Gasteiger partial charge in [-0.15, -0.1) is 13.2 Å². The first-order valence-electron chi connectivity index (χ1n) is 4.50. The Hall–Kier alpha value is -0.850. The second-order valence-corrected chi connectivity index (χ2v) is 3.54. The number of allylic oxidation sites excluding steroid dienone is 2. The van der Waals surface area contributed by atoms with E-state index in [2.05, 4.69) is 13.2 Å². The van der Waals surface area contributed by atoms with E-state index in [0.29, 0.717) is 5.78 Å². The summed E-state index contributed by atoms with van der Waals surface area (Å²) in [4.78, 5) is 11.6. The van der Waals surface area contributed by atoms with E-state index in [1.165, 1.54) is 0 Å². The van der Waals surface area contributed by atoms with Crippen LogP contribution >= 0.6 is 0 Å². The predicted octanol–water partition coefficient (Wildman–Crippen LogP) is 2.88. The van der Waals surface area contributed by atoms with Crippen molar-refractivity contribution in [1.82, 2.24) is 0 Å². The highest BCUT2D eigenvalue weighted by Gasteiger charge is 2.39. The number of carbonyl (C=O) groups excluding carboxylic acids is 1. The van der Waals surface area contributed by atoms with Crippen molar-refractivity contribution >= 4 is 5.78 Å². The van der Waals surface area contributed by atoms with Crippen LogP contribution < -0.4 is 0 Å². The van der Waals surface area contributed by atoms with Crippen LogP contribution in [0.2, 0.25) is 0 Å². The Balaban J connectivity index is 2.76. The molecule has 0 aromatic heterocycles. The summed E-state index contributed by atoms with van der Waals surface area (Å²) in [5.41, 5.74) is -0.122. The smallest absolute Gasteiger partial charge is 0.139 e. The third-order valence-electron chi connectivity index (χ3n) is 2.72. The van der Waals surface area contributed by atoms with Gasteiger partial charge in [0.2, 0.25) is 0 Å². The second-order valence-electron chi connectivity index (χ2n) is 3.54. The first-order valence-corrected chi connectivity index (χ1v) is 4.50. The predicted molar refractivity (Wildman–Crippen MR) is 50.9 cm³/mol. The molecule has 1 aliphatic carbocycles. The normalized spacial score (nSPS) is 20.8. The molecule has 0 bridgehead atoms. The molecule has 12 heavy (non-hydrogen) atoms. The molecule has 0 heterocycles. The maximum Gasteiger partial charge on any atom is 0.139 e. The van der Waals surface area contributed by atoms with E-state index in [0.717, 1.165) is 32.1 Å². The van der Waals surface area contributed by atoms with Crippen molar-refractivity contribution in [3.05, 3.63) is 25.3 Å². The number of ketones is 1. The number of carbonyl (C=O) groups is 1. The highest BCUT2D eigenvalue weighted by atomic mass is 16.1. The van der Waals surface area contributed by atoms with E-state index in [9.17, 15) is 4.79 Å². The van der Waals surface area contributed by atoms with Gasteiger partial charge in [-0.05, 0) is 25.7 Å². The van der Waals surface area contributed by atoms with E-state index in [1.807, 2.05) is 12.2 Å². The molecule has 1 nitrogen and oxygen atoms in total. The van der Waals surface area contributed by atoms with Crippen molar-refractivity contribution < 1.29 is 4.79 Å². The zero-order chi connectivity index (χ0) is 9.03. The molecule has 1 fully saturated rings. The van der Waals surface area contributed by atoms with Crippen LogP contribution in [0, 0.1) is 5.41 Å². The monoisotopic (exact) mass is 164 g/mol. The summed E-state index contributed by atoms with van der Waals surface area (Å²) >= 11 is 0. The molecule has 0 aliphatic heterocycles. The Morgan fingerprint density at radius 2 is 1.92 bits per heavy atom. The topological polar surface area (TPSA) is 17.1 Å². The van der Waals surface area contributed by atoms with Crippen LogP contribution in [0.1, 0.15) is 32.1 Å². The number of hydrogen-bond acceptors (Lipinski definition) is 1. The van der Waals surface area contributed by atoms with Crippen LogP contribution in [-0.2, 0) is 4.79 Å². The minimum absolute atomic E-state index is 0.122. The summed E-state index contributed by atoms with van der Waals surface area (Å²) in [5.74, 6) is 0.405. The summed E-state index contributed by atoms with van der Waals surface area (Å²) in [7, 11) is 0. The molecule has 1 rings (SSSR count). The maximum atomic E-state index is 11.6. The Bertz CT molecular complexity index is 193. The Morgan fingerprint density at radius 1 is 1.33 bits per heavy atom. The molecule has 1 saturated carbocycles. The van der Waals surface area contributed by atoms with E-state index in [4.69, 9.17) is 0 Å². The Morgan fingerprint density at radius 3 is 2.25 bits per heavy atom. The average molecular weight is 164 g/mol. The van der Waals surface area contributed by atoms with Crippen molar-refractivity contribution in [2.75, 3.05) is 0 Å². The average Bonchev–Trinajstić information content (AvgIpc) is 2.35. The number of Topliss-reactive ketones (excluding diaryl/α,β-unsaturated/α-hetero) is 1.